The van der Waals surface area contributed by atoms with E-state index in [1.54, 1.807) is 157 Å². The number of nitrogens with one attached hydrogen (secondary N) is 4. The van der Waals surface area contributed by atoms with Gasteiger partial charge in [0.2, 0.25) is 0 Å². The van der Waals surface area contributed by atoms with Gasteiger partial charge in [-0.15, -0.1) is 0 Å². The Balaban J connectivity index is 0.000000134. The van der Waals surface area contributed by atoms with Crippen molar-refractivity contribution in [3.8, 4) is 90.1 Å². The number of aromatic nitrogens is 12. The Morgan fingerprint density at radius 2 is 0.540 bits per heavy atom. The number of fused-ring (bicyclic) bond motifs is 4. The summed E-state index contributed by atoms with van der Waals surface area (Å²) in [4.78, 5) is 86.1. The predicted octanol–water partition coefficient (Wildman–Crippen LogP) is 26.0. The molecule has 0 aliphatic heterocycles. The summed E-state index contributed by atoms with van der Waals surface area (Å²) in [5.41, 5.74) is 16.1. The highest BCUT2D eigenvalue weighted by Crippen LogP contribution is 2.39. The van der Waals surface area contributed by atoms with E-state index in [4.69, 9.17) is 0 Å². The molecule has 0 bridgehead atoms. The van der Waals surface area contributed by atoms with E-state index in [9.17, 15) is 63.1 Å². The molecule has 12 heterocycles. The molecule has 0 aliphatic rings. The Morgan fingerprint density at radius 1 is 0.266 bits per heavy atom. The van der Waals surface area contributed by atoms with Gasteiger partial charge in [-0.1, -0.05) is 127 Å². The number of nitrogens with zero attached hydrogens (tertiary/aromatic N) is 12. The van der Waals surface area contributed by atoms with Gasteiger partial charge in [-0.2, -0.15) is 13.2 Å². The number of benzene rings is 8. The number of hydrogen-bond acceptors (Lipinski definition) is 12. The molecule has 139 heavy (non-hydrogen) atoms. The number of carbonyl (C=O) groups excluding carboxylic acids is 4. The van der Waals surface area contributed by atoms with Gasteiger partial charge in [0, 0.05) is 117 Å². The van der Waals surface area contributed by atoms with Crippen LogP contribution in [-0.4, -0.2) is 81.1 Å². The molecule has 0 spiro atoms. The van der Waals surface area contributed by atoms with Crippen molar-refractivity contribution < 1.29 is 63.1 Å². The molecule has 30 heteroatoms. The van der Waals surface area contributed by atoms with E-state index in [-0.39, 0.29) is 70.7 Å². The maximum atomic E-state index is 14.4. The van der Waals surface area contributed by atoms with Crippen LogP contribution in [0.15, 0.2) is 323 Å². The molecule has 8 aromatic carbocycles. The van der Waals surface area contributed by atoms with Crippen LogP contribution >= 0.6 is 0 Å². The third-order valence-electron chi connectivity index (χ3n) is 22.8. The molecule has 0 fully saturated rings. The summed E-state index contributed by atoms with van der Waals surface area (Å²) in [6, 6.07) is 67.7. The second-order valence-corrected chi connectivity index (χ2v) is 32.3. The van der Waals surface area contributed by atoms with Crippen LogP contribution in [0.4, 0.5) is 66.7 Å². The number of aryl methyl sites for hydroxylation is 7. The minimum Gasteiger partial charge on any atom is -0.322 e. The van der Waals surface area contributed by atoms with Gasteiger partial charge in [-0.05, 0) is 200 Å². The number of amides is 4. The number of anilines is 4. The zero-order chi connectivity index (χ0) is 96.9. The highest BCUT2D eigenvalue weighted by Gasteiger charge is 2.38. The molecule has 0 atom stereocenters. The topological polar surface area (TPSA) is 237 Å². The number of hydrogen-bond donors (Lipinski definition) is 4. The summed E-state index contributed by atoms with van der Waals surface area (Å²) >= 11 is 0. The average molecular weight is 1870 g/mol. The Labute approximate surface area is 789 Å². The van der Waals surface area contributed by atoms with Crippen molar-refractivity contribution >= 4 is 68.4 Å². The van der Waals surface area contributed by atoms with Gasteiger partial charge in [-0.3, -0.25) is 56.7 Å². The van der Waals surface area contributed by atoms with E-state index in [0.29, 0.717) is 95.5 Å². The molecule has 0 aliphatic carbocycles. The number of imidazole rings is 4. The highest BCUT2D eigenvalue weighted by atomic mass is 19.4. The van der Waals surface area contributed by atoms with Crippen LogP contribution in [0.3, 0.4) is 0 Å². The van der Waals surface area contributed by atoms with E-state index < -0.39 is 58.2 Å². The van der Waals surface area contributed by atoms with Crippen molar-refractivity contribution in [2.75, 3.05) is 21.3 Å². The van der Waals surface area contributed by atoms with E-state index in [1.807, 2.05) is 148 Å². The first-order chi connectivity index (χ1) is 66.5. The SMILES string of the molecule is C.Cc1ccc(NC(=O)c2cc(-c3cccn4c(-c5cc(F)ccc5F)ncc34)cnc2C)cc1.Cc1ccc(NC(=O)c2cc(-c3cccn4c(-c5cccc(F)c5F)ncc34)cnc2C(F)(F)F)cc1.Cc1ccc(NC(=O)c2cc(-c3cccn4c(-c5cccc(F)c5F)ncc34)cnc2C)cc1.Cc1ccc(NC(=O)c2cc(-c3cccn4c(-c5ccccc5F)ncc34)cnc2C)cc1. The fraction of sp³-hybridized carbons (Fsp3) is 0.0826. The van der Waals surface area contributed by atoms with Crippen molar-refractivity contribution in [1.82, 2.24) is 57.5 Å². The molecule has 0 unspecified atom stereocenters. The van der Waals surface area contributed by atoms with Gasteiger partial charge in [-0.25, -0.2) is 50.7 Å². The van der Waals surface area contributed by atoms with Crippen molar-refractivity contribution in [1.29, 1.82) is 0 Å². The first kappa shape index (κ1) is 94.5. The van der Waals surface area contributed by atoms with Crippen LogP contribution in [0.5, 0.6) is 0 Å². The number of alkyl halides is 3. The van der Waals surface area contributed by atoms with E-state index in [1.165, 1.54) is 40.9 Å². The fourth-order valence-electron chi connectivity index (χ4n) is 15.6. The molecule has 4 amide bonds. The standard InChI is InChI=1S/C27H17F5N4O.2C27H20F2N4O.C27H21FN4O.CH4/c1-15-7-9-17(10-8-15)35-26(37)20-12-16(13-33-24(20)27(30,31)32)18-5-3-11-36-22(18)14-34-25(36)19-4-2-6-21(28)23(19)29;1-16-8-10-19(11-9-16)32-27(34)22-13-18(14-30-17(22)2)20-6-4-12-33-24(20)15-31-26(33)21-5-3-7-23(28)25(21)29;1-16-5-8-20(9-6-16)32-27(34)22-12-18(14-30-17(22)2)21-4-3-11-33-25(21)15-31-26(33)23-13-19(28)7-10-24(23)29;1-17-9-11-20(12-10-17)31-27(33)23-14-19(15-29-18(23)2)21-7-5-13-32-25(21)16-30-26(32)22-6-3-4-8-24(22)28;/h2-14H,1H3,(H,35,37);2*3-15H,1-2H3,(H,32,34);3-16H,1-2H3,(H,31,33);1H4. The smallest absolute Gasteiger partial charge is 0.322 e. The summed E-state index contributed by atoms with van der Waals surface area (Å²) in [6.45, 7) is 13.2. The monoisotopic (exact) mass is 1870 g/mol. The fourth-order valence-corrected chi connectivity index (χ4v) is 15.6. The molecule has 20 nitrogen and oxygen atoms in total. The Hall–Kier alpha value is -17.7. The average Bonchev–Trinajstić information content (AvgIpc) is 1.53. The summed E-state index contributed by atoms with van der Waals surface area (Å²) in [6.07, 6.45) is 14.4. The highest BCUT2D eigenvalue weighted by molar-refractivity contribution is 6.09. The second kappa shape index (κ2) is 40.2. The minimum atomic E-state index is -4.87. The Bertz CT molecular complexity index is 7920. The van der Waals surface area contributed by atoms with Crippen molar-refractivity contribution in [2.45, 2.75) is 62.1 Å². The van der Waals surface area contributed by atoms with Crippen LogP contribution in [0.2, 0.25) is 0 Å². The molecule has 4 N–H and O–H groups in total. The minimum absolute atomic E-state index is 0. The third-order valence-corrected chi connectivity index (χ3v) is 22.8. The molecular weight excluding hydrogens is 1790 g/mol. The van der Waals surface area contributed by atoms with Crippen LogP contribution in [0.25, 0.3) is 112 Å². The van der Waals surface area contributed by atoms with Crippen LogP contribution < -0.4 is 21.3 Å². The molecule has 20 rings (SSSR count). The van der Waals surface area contributed by atoms with E-state index in [0.717, 1.165) is 98.3 Å². The third kappa shape index (κ3) is 20.3. The quantitative estimate of drug-likeness (QED) is 0.0661. The molecule has 692 valence electrons. The van der Waals surface area contributed by atoms with Crippen molar-refractivity contribution in [3.05, 3.63) is 431 Å². The number of pyridine rings is 8. The molecule has 0 saturated carbocycles. The lowest BCUT2D eigenvalue weighted by molar-refractivity contribution is -0.141. The van der Waals surface area contributed by atoms with Gasteiger partial charge >= 0.3 is 6.18 Å². The maximum absolute atomic E-state index is 14.4. The molecule has 12 aromatic heterocycles. The Morgan fingerprint density at radius 3 is 0.871 bits per heavy atom. The maximum Gasteiger partial charge on any atom is 0.434 e. The van der Waals surface area contributed by atoms with Crippen LogP contribution in [0.1, 0.15) is 93.9 Å². The van der Waals surface area contributed by atoms with Gasteiger partial charge in [0.15, 0.2) is 29.0 Å². The summed E-state index contributed by atoms with van der Waals surface area (Å²) in [5.74, 6) is -5.99. The zero-order valence-corrected chi connectivity index (χ0v) is 74.4. The van der Waals surface area contributed by atoms with Crippen LogP contribution in [0, 0.1) is 89.2 Å². The van der Waals surface area contributed by atoms with Gasteiger partial charge < -0.3 is 21.3 Å². The number of carbonyl (C=O) groups is 4. The predicted molar refractivity (Wildman–Crippen MR) is 518 cm³/mol. The largest absolute Gasteiger partial charge is 0.434 e. The lowest BCUT2D eigenvalue weighted by atomic mass is 10.0. The number of rotatable bonds is 16. The van der Waals surface area contributed by atoms with Crippen LogP contribution in [-0.2, 0) is 6.18 Å². The first-order valence-corrected chi connectivity index (χ1v) is 42.9. The van der Waals surface area contributed by atoms with Crippen molar-refractivity contribution in [3.63, 3.8) is 0 Å². The Kier molecular flexibility index (Phi) is 27.3. The molecule has 0 radical (unpaired) electrons. The lowest BCUT2D eigenvalue weighted by Gasteiger charge is -2.14. The van der Waals surface area contributed by atoms with E-state index >= 15 is 0 Å². The molecular formula is C109H82F10N16O4. The van der Waals surface area contributed by atoms with Gasteiger partial charge in [0.1, 0.15) is 40.7 Å². The zero-order valence-electron chi connectivity index (χ0n) is 74.4. The number of halogens is 10. The van der Waals surface area contributed by atoms with Gasteiger partial charge in [0.25, 0.3) is 23.6 Å². The molecule has 0 saturated heterocycles. The lowest BCUT2D eigenvalue weighted by Crippen LogP contribution is -2.20. The van der Waals surface area contributed by atoms with Gasteiger partial charge in [0.05, 0.1) is 108 Å². The van der Waals surface area contributed by atoms with E-state index in [2.05, 4.69) is 61.1 Å². The second-order valence-electron chi connectivity index (χ2n) is 32.3. The normalized spacial score (nSPS) is 11.1. The summed E-state index contributed by atoms with van der Waals surface area (Å²) in [5, 5.41) is 11.2. The molecule has 20 aromatic rings. The summed E-state index contributed by atoms with van der Waals surface area (Å²) < 4.78 is 147. The summed E-state index contributed by atoms with van der Waals surface area (Å²) in [7, 11) is 0. The first-order valence-electron chi connectivity index (χ1n) is 42.9. The van der Waals surface area contributed by atoms with Crippen molar-refractivity contribution in [2.24, 2.45) is 0 Å².